The van der Waals surface area contributed by atoms with E-state index in [4.69, 9.17) is 22.5 Å². The SMILES string of the molecule is N/C(=N/O)c1ccc(CNCCC2CC2)c(Cl)c1. The van der Waals surface area contributed by atoms with E-state index in [1.807, 2.05) is 6.07 Å². The number of nitrogens with one attached hydrogen (secondary N) is 1. The van der Waals surface area contributed by atoms with E-state index in [2.05, 4.69) is 10.5 Å². The normalized spacial score (nSPS) is 15.9. The summed E-state index contributed by atoms with van der Waals surface area (Å²) in [5.74, 6) is 1.01. The van der Waals surface area contributed by atoms with Crippen molar-refractivity contribution in [3.63, 3.8) is 0 Å². The number of nitrogens with zero attached hydrogens (tertiary/aromatic N) is 1. The van der Waals surface area contributed by atoms with Crippen molar-refractivity contribution in [1.29, 1.82) is 0 Å². The lowest BCUT2D eigenvalue weighted by atomic mass is 10.1. The Bertz CT molecular complexity index is 444. The van der Waals surface area contributed by atoms with Gasteiger partial charge in [0.2, 0.25) is 0 Å². The minimum absolute atomic E-state index is 0.0742. The molecular weight excluding hydrogens is 250 g/mol. The summed E-state index contributed by atoms with van der Waals surface area (Å²) in [6.45, 7) is 1.78. The molecule has 98 valence electrons. The van der Waals surface area contributed by atoms with Crippen LogP contribution < -0.4 is 11.1 Å². The van der Waals surface area contributed by atoms with Gasteiger partial charge in [0.05, 0.1) is 0 Å². The average molecular weight is 268 g/mol. The molecule has 1 aliphatic rings. The zero-order valence-corrected chi connectivity index (χ0v) is 11.0. The third-order valence-electron chi connectivity index (χ3n) is 3.20. The van der Waals surface area contributed by atoms with Gasteiger partial charge in [-0.15, -0.1) is 0 Å². The first-order valence-corrected chi connectivity index (χ1v) is 6.55. The first kappa shape index (κ1) is 13.2. The highest BCUT2D eigenvalue weighted by molar-refractivity contribution is 6.31. The van der Waals surface area contributed by atoms with Crippen molar-refractivity contribution in [1.82, 2.24) is 5.32 Å². The van der Waals surface area contributed by atoms with Crippen LogP contribution in [0.5, 0.6) is 0 Å². The fourth-order valence-corrected chi connectivity index (χ4v) is 2.09. The lowest BCUT2D eigenvalue weighted by molar-refractivity contribution is 0.318. The molecule has 1 aliphatic carbocycles. The van der Waals surface area contributed by atoms with Gasteiger partial charge < -0.3 is 16.3 Å². The van der Waals surface area contributed by atoms with E-state index in [-0.39, 0.29) is 5.84 Å². The molecule has 4 N–H and O–H groups in total. The molecule has 0 radical (unpaired) electrons. The number of oxime groups is 1. The lowest BCUT2D eigenvalue weighted by Crippen LogP contribution is -2.16. The van der Waals surface area contributed by atoms with Gasteiger partial charge in [-0.05, 0) is 30.5 Å². The van der Waals surface area contributed by atoms with Crippen LogP contribution in [0.3, 0.4) is 0 Å². The van der Waals surface area contributed by atoms with Gasteiger partial charge in [0, 0.05) is 17.1 Å². The highest BCUT2D eigenvalue weighted by Crippen LogP contribution is 2.31. The highest BCUT2D eigenvalue weighted by atomic mass is 35.5. The van der Waals surface area contributed by atoms with Crippen molar-refractivity contribution in [2.24, 2.45) is 16.8 Å². The molecule has 0 spiro atoms. The molecule has 5 heteroatoms. The Balaban J connectivity index is 1.87. The van der Waals surface area contributed by atoms with Gasteiger partial charge in [-0.1, -0.05) is 41.7 Å². The van der Waals surface area contributed by atoms with Crippen molar-refractivity contribution >= 4 is 17.4 Å². The standard InChI is InChI=1S/C13H18ClN3O/c14-12-7-10(13(15)17-18)3-4-11(12)8-16-6-5-9-1-2-9/h3-4,7,9,16,18H,1-2,5-6,8H2,(H2,15,17). The van der Waals surface area contributed by atoms with Crippen molar-refractivity contribution in [2.75, 3.05) is 6.54 Å². The summed E-state index contributed by atoms with van der Waals surface area (Å²) in [4.78, 5) is 0. The summed E-state index contributed by atoms with van der Waals surface area (Å²) in [6, 6.07) is 5.42. The zero-order chi connectivity index (χ0) is 13.0. The van der Waals surface area contributed by atoms with Gasteiger partial charge in [-0.2, -0.15) is 0 Å². The van der Waals surface area contributed by atoms with E-state index in [0.29, 0.717) is 10.6 Å². The van der Waals surface area contributed by atoms with Gasteiger partial charge >= 0.3 is 0 Å². The molecule has 0 saturated heterocycles. The monoisotopic (exact) mass is 267 g/mol. The van der Waals surface area contributed by atoms with Crippen LogP contribution in [0.25, 0.3) is 0 Å². The van der Waals surface area contributed by atoms with Gasteiger partial charge in [0.25, 0.3) is 0 Å². The van der Waals surface area contributed by atoms with Gasteiger partial charge in [-0.25, -0.2) is 0 Å². The molecular formula is C13H18ClN3O. The quantitative estimate of drug-likeness (QED) is 0.244. The second-order valence-electron chi connectivity index (χ2n) is 4.70. The molecule has 4 nitrogen and oxygen atoms in total. The van der Waals surface area contributed by atoms with Crippen LogP contribution in [0, 0.1) is 5.92 Å². The van der Waals surface area contributed by atoms with Crippen LogP contribution in [0.2, 0.25) is 5.02 Å². The fourth-order valence-electron chi connectivity index (χ4n) is 1.84. The summed E-state index contributed by atoms with van der Waals surface area (Å²) < 4.78 is 0. The topological polar surface area (TPSA) is 70.6 Å². The molecule has 0 bridgehead atoms. The molecule has 0 heterocycles. The number of rotatable bonds is 6. The van der Waals surface area contributed by atoms with E-state index in [1.165, 1.54) is 19.3 Å². The summed E-state index contributed by atoms with van der Waals surface area (Å²) >= 11 is 6.15. The van der Waals surface area contributed by atoms with E-state index >= 15 is 0 Å². The number of hydrogen-bond donors (Lipinski definition) is 3. The molecule has 0 atom stereocenters. The molecule has 0 aromatic heterocycles. The van der Waals surface area contributed by atoms with E-state index in [0.717, 1.165) is 24.6 Å². The number of nitrogens with two attached hydrogens (primary N) is 1. The summed E-state index contributed by atoms with van der Waals surface area (Å²) in [7, 11) is 0. The minimum atomic E-state index is 0.0742. The van der Waals surface area contributed by atoms with Crippen molar-refractivity contribution in [2.45, 2.75) is 25.8 Å². The molecule has 2 rings (SSSR count). The number of halogens is 1. The third-order valence-corrected chi connectivity index (χ3v) is 3.55. The molecule has 0 unspecified atom stereocenters. The molecule has 1 aromatic carbocycles. The average Bonchev–Trinajstić information content (AvgIpc) is 3.19. The Morgan fingerprint density at radius 1 is 1.50 bits per heavy atom. The first-order chi connectivity index (χ1) is 8.70. The van der Waals surface area contributed by atoms with Crippen molar-refractivity contribution in [3.8, 4) is 0 Å². The maximum atomic E-state index is 8.59. The Kier molecular flexibility index (Phi) is 4.44. The van der Waals surface area contributed by atoms with Crippen LogP contribution in [-0.2, 0) is 6.54 Å². The number of amidine groups is 1. The van der Waals surface area contributed by atoms with Crippen molar-refractivity contribution < 1.29 is 5.21 Å². The number of hydrogen-bond acceptors (Lipinski definition) is 3. The Morgan fingerprint density at radius 3 is 2.89 bits per heavy atom. The second-order valence-corrected chi connectivity index (χ2v) is 5.11. The molecule has 0 amide bonds. The molecule has 18 heavy (non-hydrogen) atoms. The largest absolute Gasteiger partial charge is 0.409 e. The van der Waals surface area contributed by atoms with Crippen LogP contribution in [-0.4, -0.2) is 17.6 Å². The van der Waals surface area contributed by atoms with Gasteiger partial charge in [0.15, 0.2) is 5.84 Å². The predicted octanol–water partition coefficient (Wildman–Crippen LogP) is 2.32. The van der Waals surface area contributed by atoms with Gasteiger partial charge in [-0.3, -0.25) is 0 Å². The molecule has 1 saturated carbocycles. The third kappa shape index (κ3) is 3.62. The molecule has 1 aromatic rings. The van der Waals surface area contributed by atoms with E-state index in [9.17, 15) is 0 Å². The number of benzene rings is 1. The highest BCUT2D eigenvalue weighted by Gasteiger charge is 2.19. The van der Waals surface area contributed by atoms with Gasteiger partial charge in [0.1, 0.15) is 0 Å². The summed E-state index contributed by atoms with van der Waals surface area (Å²) in [6.07, 6.45) is 4.02. The fraction of sp³-hybridized carbons (Fsp3) is 0.462. The Hall–Kier alpha value is -1.26. The summed E-state index contributed by atoms with van der Waals surface area (Å²) in [5.41, 5.74) is 7.16. The Morgan fingerprint density at radius 2 is 2.28 bits per heavy atom. The molecule has 1 fully saturated rings. The predicted molar refractivity (Wildman–Crippen MR) is 73.0 cm³/mol. The van der Waals surface area contributed by atoms with Crippen LogP contribution in [0.4, 0.5) is 0 Å². The summed E-state index contributed by atoms with van der Waals surface area (Å²) in [5, 5.41) is 15.6. The zero-order valence-electron chi connectivity index (χ0n) is 10.2. The van der Waals surface area contributed by atoms with Crippen LogP contribution in [0.1, 0.15) is 30.4 Å². The van der Waals surface area contributed by atoms with Crippen molar-refractivity contribution in [3.05, 3.63) is 34.3 Å². The van der Waals surface area contributed by atoms with E-state index < -0.39 is 0 Å². The molecule has 0 aliphatic heterocycles. The Labute approximate surface area is 112 Å². The second kappa shape index (κ2) is 6.07. The van der Waals surface area contributed by atoms with Crippen LogP contribution in [0.15, 0.2) is 23.4 Å². The first-order valence-electron chi connectivity index (χ1n) is 6.17. The minimum Gasteiger partial charge on any atom is -0.409 e. The maximum absolute atomic E-state index is 8.59. The van der Waals surface area contributed by atoms with E-state index in [1.54, 1.807) is 12.1 Å². The smallest absolute Gasteiger partial charge is 0.170 e. The maximum Gasteiger partial charge on any atom is 0.170 e. The lowest BCUT2D eigenvalue weighted by Gasteiger charge is -2.08. The van der Waals surface area contributed by atoms with Crippen LogP contribution >= 0.6 is 11.6 Å².